The normalized spacial score (nSPS) is 11.9. The Morgan fingerprint density at radius 2 is 1.83 bits per heavy atom. The number of hydrogen-bond acceptors (Lipinski definition) is 4. The smallest absolute Gasteiger partial charge is 0.209 e. The van der Waals surface area contributed by atoms with Gasteiger partial charge in [0.1, 0.15) is 0 Å². The second-order valence-corrected chi connectivity index (χ2v) is 8.42. The van der Waals surface area contributed by atoms with Gasteiger partial charge in [-0.1, -0.05) is 41.6 Å². The number of para-hydroxylation sites is 2. The van der Waals surface area contributed by atoms with E-state index in [0.29, 0.717) is 12.2 Å². The van der Waals surface area contributed by atoms with Crippen LogP contribution in [0, 0.1) is 6.92 Å². The van der Waals surface area contributed by atoms with E-state index in [2.05, 4.69) is 35.8 Å². The summed E-state index contributed by atoms with van der Waals surface area (Å²) in [5.41, 5.74) is 4.20. The molecule has 0 atom stereocenters. The van der Waals surface area contributed by atoms with Gasteiger partial charge in [-0.2, -0.15) is 0 Å². The molecular weight excluding hydrogens is 342 g/mol. The zero-order valence-corrected chi connectivity index (χ0v) is 15.0. The summed E-state index contributed by atoms with van der Waals surface area (Å²) >= 11 is 1.54. The zero-order valence-electron chi connectivity index (χ0n) is 13.3. The highest BCUT2D eigenvalue weighted by Crippen LogP contribution is 2.28. The standard InChI is InChI=1S/C17H19N3O2S2/c1-13-7-9-14(10-8-13)20-16-6-3-2-5-15(16)19-17(20)23-11-4-12-24(18,21)22/h2-3,5-10H,4,11-12H2,1H3,(H2,18,21,22). The van der Waals surface area contributed by atoms with Gasteiger partial charge in [0.2, 0.25) is 10.0 Å². The van der Waals surface area contributed by atoms with E-state index in [1.807, 2.05) is 24.3 Å². The van der Waals surface area contributed by atoms with Gasteiger partial charge < -0.3 is 0 Å². The summed E-state index contributed by atoms with van der Waals surface area (Å²) in [5.74, 6) is 0.635. The molecule has 126 valence electrons. The number of fused-ring (bicyclic) bond motifs is 1. The molecule has 0 unspecified atom stereocenters. The van der Waals surface area contributed by atoms with Crippen LogP contribution in [0.1, 0.15) is 12.0 Å². The van der Waals surface area contributed by atoms with Crippen LogP contribution >= 0.6 is 11.8 Å². The van der Waals surface area contributed by atoms with Crippen LogP contribution < -0.4 is 5.14 Å². The summed E-state index contributed by atoms with van der Waals surface area (Å²) < 4.78 is 24.2. The van der Waals surface area contributed by atoms with E-state index >= 15 is 0 Å². The third-order valence-corrected chi connectivity index (χ3v) is 5.51. The third kappa shape index (κ3) is 3.98. The van der Waals surface area contributed by atoms with Crippen molar-refractivity contribution < 1.29 is 8.42 Å². The maximum atomic E-state index is 11.1. The first kappa shape index (κ1) is 17.0. The molecule has 0 bridgehead atoms. The quantitative estimate of drug-likeness (QED) is 0.540. The molecule has 5 nitrogen and oxygen atoms in total. The highest BCUT2D eigenvalue weighted by atomic mass is 32.2. The SMILES string of the molecule is Cc1ccc(-n2c(SCCCS(N)(=O)=O)nc3ccccc32)cc1. The summed E-state index contributed by atoms with van der Waals surface area (Å²) in [5, 5.41) is 5.91. The van der Waals surface area contributed by atoms with Crippen molar-refractivity contribution in [3.63, 3.8) is 0 Å². The maximum absolute atomic E-state index is 11.1. The number of imidazole rings is 1. The van der Waals surface area contributed by atoms with Crippen molar-refractivity contribution >= 4 is 32.8 Å². The lowest BCUT2D eigenvalue weighted by molar-refractivity contribution is 0.596. The van der Waals surface area contributed by atoms with Gasteiger partial charge in [0.05, 0.1) is 16.8 Å². The number of aryl methyl sites for hydroxylation is 1. The van der Waals surface area contributed by atoms with Gasteiger partial charge in [-0.3, -0.25) is 4.57 Å². The maximum Gasteiger partial charge on any atom is 0.209 e. The third-order valence-electron chi connectivity index (χ3n) is 3.63. The van der Waals surface area contributed by atoms with Gasteiger partial charge in [-0.05, 0) is 37.6 Å². The van der Waals surface area contributed by atoms with E-state index in [-0.39, 0.29) is 5.75 Å². The Morgan fingerprint density at radius 1 is 1.12 bits per heavy atom. The lowest BCUT2D eigenvalue weighted by atomic mass is 10.2. The summed E-state index contributed by atoms with van der Waals surface area (Å²) in [6, 6.07) is 16.2. The number of thioether (sulfide) groups is 1. The highest BCUT2D eigenvalue weighted by Gasteiger charge is 2.13. The first-order valence-electron chi connectivity index (χ1n) is 7.62. The monoisotopic (exact) mass is 361 g/mol. The first-order chi connectivity index (χ1) is 11.4. The Morgan fingerprint density at radius 3 is 2.54 bits per heavy atom. The minimum absolute atomic E-state index is 0.00917. The van der Waals surface area contributed by atoms with E-state index in [9.17, 15) is 8.42 Å². The number of nitrogens with two attached hydrogens (primary N) is 1. The van der Waals surface area contributed by atoms with Crippen LogP contribution in [0.4, 0.5) is 0 Å². The largest absolute Gasteiger partial charge is 0.287 e. The molecule has 1 heterocycles. The van der Waals surface area contributed by atoms with Crippen LogP contribution in [-0.2, 0) is 10.0 Å². The number of benzene rings is 2. The Hall–Kier alpha value is -1.83. The molecule has 0 fully saturated rings. The molecule has 0 saturated carbocycles. The van der Waals surface area contributed by atoms with Gasteiger partial charge in [-0.15, -0.1) is 0 Å². The number of aromatic nitrogens is 2. The van der Waals surface area contributed by atoms with Crippen molar-refractivity contribution in [3.8, 4) is 5.69 Å². The Bertz CT molecular complexity index is 948. The van der Waals surface area contributed by atoms with Crippen LogP contribution in [0.5, 0.6) is 0 Å². The minimum Gasteiger partial charge on any atom is -0.287 e. The van der Waals surface area contributed by atoms with Crippen LogP contribution in [0.3, 0.4) is 0 Å². The predicted octanol–water partition coefficient (Wildman–Crippen LogP) is 3.10. The second-order valence-electron chi connectivity index (χ2n) is 5.62. The Balaban J connectivity index is 1.92. The van der Waals surface area contributed by atoms with Gasteiger partial charge in [0.25, 0.3) is 0 Å². The van der Waals surface area contributed by atoms with E-state index in [4.69, 9.17) is 10.1 Å². The number of rotatable bonds is 6. The lowest BCUT2D eigenvalue weighted by Gasteiger charge is -2.09. The van der Waals surface area contributed by atoms with E-state index in [0.717, 1.165) is 21.9 Å². The molecule has 3 rings (SSSR count). The average Bonchev–Trinajstić information content (AvgIpc) is 2.90. The fourth-order valence-electron chi connectivity index (χ4n) is 2.47. The van der Waals surface area contributed by atoms with Gasteiger partial charge in [-0.25, -0.2) is 18.5 Å². The van der Waals surface area contributed by atoms with Crippen molar-refractivity contribution in [2.75, 3.05) is 11.5 Å². The first-order valence-corrected chi connectivity index (χ1v) is 10.3. The molecule has 0 saturated heterocycles. The molecule has 7 heteroatoms. The van der Waals surface area contributed by atoms with Crippen LogP contribution in [-0.4, -0.2) is 29.5 Å². The van der Waals surface area contributed by atoms with Crippen molar-refractivity contribution in [2.24, 2.45) is 5.14 Å². The molecule has 2 aromatic carbocycles. The summed E-state index contributed by atoms with van der Waals surface area (Å²) in [7, 11) is -3.41. The van der Waals surface area contributed by atoms with Crippen LogP contribution in [0.2, 0.25) is 0 Å². The Labute approximate surface area is 145 Å². The summed E-state index contributed by atoms with van der Waals surface area (Å²) in [6.07, 6.45) is 0.501. The molecule has 24 heavy (non-hydrogen) atoms. The number of sulfonamides is 1. The number of primary sulfonamides is 1. The molecule has 0 aliphatic rings. The Kier molecular flexibility index (Phi) is 4.93. The van der Waals surface area contributed by atoms with Crippen molar-refractivity contribution in [1.82, 2.24) is 9.55 Å². The molecule has 0 amide bonds. The summed E-state index contributed by atoms with van der Waals surface area (Å²) in [4.78, 5) is 4.69. The summed E-state index contributed by atoms with van der Waals surface area (Å²) in [6.45, 7) is 2.05. The van der Waals surface area contributed by atoms with Crippen molar-refractivity contribution in [2.45, 2.75) is 18.5 Å². The van der Waals surface area contributed by atoms with Crippen molar-refractivity contribution in [3.05, 3.63) is 54.1 Å². The highest BCUT2D eigenvalue weighted by molar-refractivity contribution is 7.99. The molecule has 3 aromatic rings. The van der Waals surface area contributed by atoms with Crippen LogP contribution in [0.15, 0.2) is 53.7 Å². The molecular formula is C17H19N3O2S2. The molecule has 0 spiro atoms. The predicted molar refractivity (Wildman–Crippen MR) is 99.1 cm³/mol. The van der Waals surface area contributed by atoms with Crippen molar-refractivity contribution in [1.29, 1.82) is 0 Å². The number of nitrogens with zero attached hydrogens (tertiary/aromatic N) is 2. The number of hydrogen-bond donors (Lipinski definition) is 1. The fourth-order valence-corrected chi connectivity index (χ4v) is 4.16. The van der Waals surface area contributed by atoms with E-state index in [1.165, 1.54) is 5.56 Å². The second kappa shape index (κ2) is 6.96. The van der Waals surface area contributed by atoms with E-state index < -0.39 is 10.0 Å². The lowest BCUT2D eigenvalue weighted by Crippen LogP contribution is -2.16. The fraction of sp³-hybridized carbons (Fsp3) is 0.235. The van der Waals surface area contributed by atoms with Gasteiger partial charge >= 0.3 is 0 Å². The van der Waals surface area contributed by atoms with Gasteiger partial charge in [0.15, 0.2) is 5.16 Å². The zero-order chi connectivity index (χ0) is 17.2. The minimum atomic E-state index is -3.41. The molecule has 0 aliphatic carbocycles. The van der Waals surface area contributed by atoms with E-state index in [1.54, 1.807) is 11.8 Å². The molecule has 1 aromatic heterocycles. The topological polar surface area (TPSA) is 78.0 Å². The molecule has 0 aliphatic heterocycles. The average molecular weight is 361 g/mol. The molecule has 2 N–H and O–H groups in total. The molecule has 0 radical (unpaired) electrons. The van der Waals surface area contributed by atoms with Crippen LogP contribution in [0.25, 0.3) is 16.7 Å². The van der Waals surface area contributed by atoms with Gasteiger partial charge in [0, 0.05) is 11.4 Å².